The lowest BCUT2D eigenvalue weighted by Gasteiger charge is -2.42. The second-order valence-electron chi connectivity index (χ2n) is 6.58. The second kappa shape index (κ2) is 6.81. The van der Waals surface area contributed by atoms with Crippen molar-refractivity contribution in [2.75, 3.05) is 33.4 Å². The van der Waals surface area contributed by atoms with Crippen molar-refractivity contribution in [2.24, 2.45) is 0 Å². The number of benzene rings is 1. The summed E-state index contributed by atoms with van der Waals surface area (Å²) in [5, 5.41) is 0. The first-order valence-corrected chi connectivity index (χ1v) is 8.32. The Bertz CT molecular complexity index is 623. The van der Waals surface area contributed by atoms with Gasteiger partial charge in [0.15, 0.2) is 0 Å². The Morgan fingerprint density at radius 1 is 1.21 bits per heavy atom. The minimum atomic E-state index is -0.428. The predicted molar refractivity (Wildman–Crippen MR) is 88.6 cm³/mol. The van der Waals surface area contributed by atoms with E-state index in [1.807, 2.05) is 34.1 Å². The highest BCUT2D eigenvalue weighted by Crippen LogP contribution is 2.35. The van der Waals surface area contributed by atoms with Crippen LogP contribution in [0.4, 0.5) is 0 Å². The number of hydrogen-bond acceptors (Lipinski definition) is 4. The molecule has 2 aliphatic rings. The van der Waals surface area contributed by atoms with E-state index in [1.165, 1.54) is 7.11 Å². The number of likely N-dealkylation sites (tertiary alicyclic amines) is 1. The van der Waals surface area contributed by atoms with E-state index in [-0.39, 0.29) is 18.4 Å². The van der Waals surface area contributed by atoms with Gasteiger partial charge in [-0.1, -0.05) is 18.2 Å². The summed E-state index contributed by atoms with van der Waals surface area (Å²) in [5.41, 5.74) is 0.602. The number of nitrogens with zero attached hydrogens (tertiary/aromatic N) is 2. The van der Waals surface area contributed by atoms with Gasteiger partial charge in [0, 0.05) is 52.1 Å². The van der Waals surface area contributed by atoms with Crippen LogP contribution in [0.1, 0.15) is 25.3 Å². The van der Waals surface area contributed by atoms with Crippen molar-refractivity contribution in [2.45, 2.75) is 31.9 Å². The minimum absolute atomic E-state index is 0.00444. The number of para-hydroxylation sites is 1. The quantitative estimate of drug-likeness (QED) is 0.822. The molecule has 1 fully saturated rings. The zero-order valence-electron chi connectivity index (χ0n) is 14.3. The lowest BCUT2D eigenvalue weighted by atomic mass is 9.90. The first-order chi connectivity index (χ1) is 11.5. The number of carbonyl (C=O) groups is 2. The number of ether oxygens (including phenoxy) is 2. The van der Waals surface area contributed by atoms with Crippen LogP contribution in [-0.2, 0) is 20.9 Å². The van der Waals surface area contributed by atoms with E-state index < -0.39 is 5.60 Å². The number of hydrogen-bond donors (Lipinski definition) is 0. The molecule has 0 unspecified atom stereocenters. The Morgan fingerprint density at radius 2 is 1.92 bits per heavy atom. The highest BCUT2D eigenvalue weighted by Gasteiger charge is 2.42. The number of fused-ring (bicyclic) bond motifs is 1. The fraction of sp³-hybridized carbons (Fsp3) is 0.556. The topological polar surface area (TPSA) is 59.1 Å². The summed E-state index contributed by atoms with van der Waals surface area (Å²) in [5.74, 6) is 0.898. The standard InChI is InChI=1S/C18H24N2O4/c1-14(21)20-11-15-5-3-4-6-16(15)24-18(13-20)7-9-19(10-8-18)17(22)12-23-2/h3-6H,7-13H2,1-2H3. The first-order valence-electron chi connectivity index (χ1n) is 8.32. The maximum atomic E-state index is 12.0. The lowest BCUT2D eigenvalue weighted by molar-refractivity contribution is -0.141. The molecule has 1 saturated heterocycles. The van der Waals surface area contributed by atoms with Crippen molar-refractivity contribution in [3.8, 4) is 5.75 Å². The number of methoxy groups -OCH3 is 1. The highest BCUT2D eigenvalue weighted by atomic mass is 16.5. The summed E-state index contributed by atoms with van der Waals surface area (Å²) < 4.78 is 11.3. The average molecular weight is 332 g/mol. The van der Waals surface area contributed by atoms with Gasteiger partial charge in [-0.3, -0.25) is 9.59 Å². The number of carbonyl (C=O) groups excluding carboxylic acids is 2. The van der Waals surface area contributed by atoms with E-state index in [0.717, 1.165) is 11.3 Å². The largest absolute Gasteiger partial charge is 0.485 e. The van der Waals surface area contributed by atoms with Crippen LogP contribution >= 0.6 is 0 Å². The van der Waals surface area contributed by atoms with Gasteiger partial charge in [-0.25, -0.2) is 0 Å². The van der Waals surface area contributed by atoms with Crippen molar-refractivity contribution in [1.29, 1.82) is 0 Å². The summed E-state index contributed by atoms with van der Waals surface area (Å²) in [7, 11) is 1.53. The molecule has 0 bridgehead atoms. The molecule has 0 radical (unpaired) electrons. The Labute approximate surface area is 142 Å². The highest BCUT2D eigenvalue weighted by molar-refractivity contribution is 5.77. The smallest absolute Gasteiger partial charge is 0.248 e. The van der Waals surface area contributed by atoms with E-state index >= 15 is 0 Å². The Morgan fingerprint density at radius 3 is 2.58 bits per heavy atom. The van der Waals surface area contributed by atoms with Crippen LogP contribution in [0.2, 0.25) is 0 Å². The molecule has 130 valence electrons. The molecular formula is C18H24N2O4. The monoisotopic (exact) mass is 332 g/mol. The summed E-state index contributed by atoms with van der Waals surface area (Å²) in [6, 6.07) is 7.88. The van der Waals surface area contributed by atoms with Crippen LogP contribution in [0.25, 0.3) is 0 Å². The van der Waals surface area contributed by atoms with Crippen molar-refractivity contribution < 1.29 is 19.1 Å². The zero-order chi connectivity index (χ0) is 17.2. The Hall–Kier alpha value is -2.08. The average Bonchev–Trinajstić information content (AvgIpc) is 2.72. The molecule has 1 aromatic carbocycles. The normalized spacial score (nSPS) is 19.4. The maximum Gasteiger partial charge on any atom is 0.248 e. The van der Waals surface area contributed by atoms with E-state index in [1.54, 1.807) is 6.92 Å². The molecule has 3 rings (SSSR count). The van der Waals surface area contributed by atoms with Crippen LogP contribution in [0.15, 0.2) is 24.3 Å². The van der Waals surface area contributed by atoms with Crippen molar-refractivity contribution >= 4 is 11.8 Å². The molecule has 2 heterocycles. The number of piperidine rings is 1. The molecular weight excluding hydrogens is 308 g/mol. The van der Waals surface area contributed by atoms with E-state index in [9.17, 15) is 9.59 Å². The van der Waals surface area contributed by atoms with Crippen LogP contribution in [0, 0.1) is 0 Å². The van der Waals surface area contributed by atoms with Crippen molar-refractivity contribution in [3.05, 3.63) is 29.8 Å². The third-order valence-corrected chi connectivity index (χ3v) is 4.88. The van der Waals surface area contributed by atoms with E-state index in [0.29, 0.717) is 39.0 Å². The molecule has 1 spiro atoms. The fourth-order valence-corrected chi connectivity index (χ4v) is 3.47. The van der Waals surface area contributed by atoms with Gasteiger partial charge in [-0.2, -0.15) is 0 Å². The van der Waals surface area contributed by atoms with Crippen LogP contribution in [0.3, 0.4) is 0 Å². The summed E-state index contributed by atoms with van der Waals surface area (Å²) >= 11 is 0. The van der Waals surface area contributed by atoms with Crippen molar-refractivity contribution in [3.63, 3.8) is 0 Å². The maximum absolute atomic E-state index is 12.0. The van der Waals surface area contributed by atoms with Crippen LogP contribution < -0.4 is 4.74 Å². The lowest BCUT2D eigenvalue weighted by Crippen LogP contribution is -2.55. The van der Waals surface area contributed by atoms with Crippen molar-refractivity contribution in [1.82, 2.24) is 9.80 Å². The third kappa shape index (κ3) is 3.38. The molecule has 0 saturated carbocycles. The molecule has 0 atom stereocenters. The molecule has 6 nitrogen and oxygen atoms in total. The van der Waals surface area contributed by atoms with Crippen LogP contribution in [-0.4, -0.2) is 60.6 Å². The zero-order valence-corrected chi connectivity index (χ0v) is 14.3. The Kier molecular flexibility index (Phi) is 4.76. The minimum Gasteiger partial charge on any atom is -0.485 e. The SMILES string of the molecule is COCC(=O)N1CCC2(CC1)CN(C(C)=O)Cc1ccccc1O2. The van der Waals surface area contributed by atoms with Gasteiger partial charge in [0.05, 0.1) is 6.54 Å². The molecule has 24 heavy (non-hydrogen) atoms. The van der Waals surface area contributed by atoms with Gasteiger partial charge in [-0.15, -0.1) is 0 Å². The molecule has 0 aliphatic carbocycles. The van der Waals surface area contributed by atoms with Gasteiger partial charge < -0.3 is 19.3 Å². The molecule has 2 amide bonds. The molecule has 0 N–H and O–H groups in total. The van der Waals surface area contributed by atoms with Gasteiger partial charge >= 0.3 is 0 Å². The number of amides is 2. The van der Waals surface area contributed by atoms with E-state index in [4.69, 9.17) is 9.47 Å². The van der Waals surface area contributed by atoms with Gasteiger partial charge in [0.1, 0.15) is 18.0 Å². The molecule has 6 heteroatoms. The summed E-state index contributed by atoms with van der Waals surface area (Å²) in [6.07, 6.45) is 1.42. The van der Waals surface area contributed by atoms with Gasteiger partial charge in [0.25, 0.3) is 0 Å². The van der Waals surface area contributed by atoms with Crippen LogP contribution in [0.5, 0.6) is 5.75 Å². The molecule has 1 aromatic rings. The summed E-state index contributed by atoms with van der Waals surface area (Å²) in [4.78, 5) is 27.7. The molecule has 0 aromatic heterocycles. The number of rotatable bonds is 2. The predicted octanol–water partition coefficient (Wildman–Crippen LogP) is 1.44. The van der Waals surface area contributed by atoms with E-state index in [2.05, 4.69) is 0 Å². The van der Waals surface area contributed by atoms with Gasteiger partial charge in [0.2, 0.25) is 11.8 Å². The second-order valence-corrected chi connectivity index (χ2v) is 6.58. The van der Waals surface area contributed by atoms with Gasteiger partial charge in [-0.05, 0) is 6.07 Å². The summed E-state index contributed by atoms with van der Waals surface area (Å²) in [6.45, 7) is 4.07. The fourth-order valence-electron chi connectivity index (χ4n) is 3.47. The first kappa shape index (κ1) is 16.8. The third-order valence-electron chi connectivity index (χ3n) is 4.88. The Balaban J connectivity index is 1.80. The molecule has 2 aliphatic heterocycles.